The van der Waals surface area contributed by atoms with Gasteiger partial charge in [0.05, 0.1) is 5.25 Å². The number of hydrogen-bond donors (Lipinski definition) is 0. The van der Waals surface area contributed by atoms with E-state index >= 15 is 0 Å². The minimum absolute atomic E-state index is 0.0223. The number of thioether (sulfide) groups is 2. The van der Waals surface area contributed by atoms with Crippen LogP contribution in [0.15, 0.2) is 40.6 Å². The van der Waals surface area contributed by atoms with Gasteiger partial charge in [0, 0.05) is 5.75 Å². The Morgan fingerprint density at radius 1 is 1.39 bits per heavy atom. The molecule has 6 heteroatoms. The van der Waals surface area contributed by atoms with Crippen LogP contribution in [0.5, 0.6) is 0 Å². The molecule has 1 aromatic carbocycles. The van der Waals surface area contributed by atoms with E-state index in [1.807, 2.05) is 25.1 Å². The summed E-state index contributed by atoms with van der Waals surface area (Å²) in [5, 5.41) is 5.55. The Labute approximate surface area is 113 Å². The van der Waals surface area contributed by atoms with Gasteiger partial charge in [-0.05, 0) is 12.5 Å². The summed E-state index contributed by atoms with van der Waals surface area (Å²) in [6.45, 7) is 1.88. The van der Waals surface area contributed by atoms with E-state index in [4.69, 9.17) is 0 Å². The molecule has 2 aromatic rings. The van der Waals surface area contributed by atoms with Crippen LogP contribution in [0.25, 0.3) is 0 Å². The van der Waals surface area contributed by atoms with Crippen molar-refractivity contribution in [3.8, 4) is 0 Å². The van der Waals surface area contributed by atoms with Crippen molar-refractivity contribution in [2.24, 2.45) is 0 Å². The second-order valence-electron chi connectivity index (χ2n) is 3.96. The maximum Gasteiger partial charge on any atom is 0.262 e. The molecule has 1 aromatic heterocycles. The lowest BCUT2D eigenvalue weighted by Crippen LogP contribution is -2.15. The highest BCUT2D eigenvalue weighted by Crippen LogP contribution is 2.32. The Kier molecular flexibility index (Phi) is 3.13. The maximum atomic E-state index is 11.7. The third-order valence-corrected chi connectivity index (χ3v) is 4.55. The zero-order valence-corrected chi connectivity index (χ0v) is 11.4. The minimum atomic E-state index is -0.0619. The van der Waals surface area contributed by atoms with Gasteiger partial charge in [-0.3, -0.25) is 4.79 Å². The van der Waals surface area contributed by atoms with Gasteiger partial charge in [-0.15, -0.1) is 5.10 Å². The first-order chi connectivity index (χ1) is 8.74. The fourth-order valence-corrected chi connectivity index (χ4v) is 3.39. The molecular weight excluding hydrogens is 266 g/mol. The van der Waals surface area contributed by atoms with E-state index in [0.29, 0.717) is 10.3 Å². The number of carbonyl (C=O) groups is 1. The van der Waals surface area contributed by atoms with E-state index < -0.39 is 0 Å². The molecule has 4 nitrogen and oxygen atoms in total. The Balaban J connectivity index is 1.71. The summed E-state index contributed by atoms with van der Waals surface area (Å²) in [7, 11) is 0. The molecule has 1 unspecified atom stereocenters. The molecule has 0 aliphatic carbocycles. The summed E-state index contributed by atoms with van der Waals surface area (Å²) in [5.41, 5.74) is 1.23. The standard InChI is InChI=1S/C12H11N3OS2/c1-8-10(16)15-12(18-8)13-11(14-15)17-7-9-5-3-2-4-6-9/h2-6,8H,7H2,1H3. The summed E-state index contributed by atoms with van der Waals surface area (Å²) < 4.78 is 1.42. The summed E-state index contributed by atoms with van der Waals surface area (Å²) in [6, 6.07) is 10.2. The van der Waals surface area contributed by atoms with Crippen LogP contribution in [-0.4, -0.2) is 25.9 Å². The van der Waals surface area contributed by atoms with Crippen molar-refractivity contribution in [3.63, 3.8) is 0 Å². The Bertz CT molecular complexity index is 582. The van der Waals surface area contributed by atoms with Crippen LogP contribution < -0.4 is 0 Å². The predicted molar refractivity (Wildman–Crippen MR) is 72.0 cm³/mol. The summed E-state index contributed by atoms with van der Waals surface area (Å²) in [5.74, 6) is 0.840. The van der Waals surface area contributed by atoms with Gasteiger partial charge in [-0.2, -0.15) is 9.67 Å². The van der Waals surface area contributed by atoms with Gasteiger partial charge in [-0.1, -0.05) is 53.9 Å². The van der Waals surface area contributed by atoms with E-state index in [-0.39, 0.29) is 11.2 Å². The lowest BCUT2D eigenvalue weighted by Gasteiger charge is -1.98. The molecule has 18 heavy (non-hydrogen) atoms. The first-order valence-corrected chi connectivity index (χ1v) is 7.45. The predicted octanol–water partition coefficient (Wildman–Crippen LogP) is 2.70. The Morgan fingerprint density at radius 3 is 2.89 bits per heavy atom. The molecule has 0 spiro atoms. The highest BCUT2D eigenvalue weighted by molar-refractivity contribution is 8.01. The van der Waals surface area contributed by atoms with E-state index in [1.54, 1.807) is 11.8 Å². The minimum Gasteiger partial charge on any atom is -0.271 e. The number of benzene rings is 1. The van der Waals surface area contributed by atoms with Crippen molar-refractivity contribution >= 4 is 29.4 Å². The zero-order chi connectivity index (χ0) is 12.5. The molecular formula is C12H11N3OS2. The van der Waals surface area contributed by atoms with E-state index in [2.05, 4.69) is 22.2 Å². The van der Waals surface area contributed by atoms with Gasteiger partial charge in [0.15, 0.2) is 5.16 Å². The zero-order valence-electron chi connectivity index (χ0n) is 9.74. The molecule has 0 amide bonds. The third kappa shape index (κ3) is 2.18. The Morgan fingerprint density at radius 2 is 2.17 bits per heavy atom. The van der Waals surface area contributed by atoms with Crippen LogP contribution in [0.4, 0.5) is 0 Å². The summed E-state index contributed by atoms with van der Waals surface area (Å²) in [6.07, 6.45) is 0. The largest absolute Gasteiger partial charge is 0.271 e. The number of rotatable bonds is 3. The van der Waals surface area contributed by atoms with E-state index in [1.165, 1.54) is 22.0 Å². The van der Waals surface area contributed by atoms with Gasteiger partial charge >= 0.3 is 0 Å². The molecule has 2 heterocycles. The second kappa shape index (κ2) is 4.78. The van der Waals surface area contributed by atoms with Gasteiger partial charge in [-0.25, -0.2) is 0 Å². The highest BCUT2D eigenvalue weighted by Gasteiger charge is 2.31. The molecule has 92 valence electrons. The molecule has 0 saturated carbocycles. The number of carbonyl (C=O) groups excluding carboxylic acids is 1. The molecule has 1 atom stereocenters. The molecule has 3 rings (SSSR count). The van der Waals surface area contributed by atoms with Crippen molar-refractivity contribution in [2.45, 2.75) is 28.2 Å². The number of hydrogen-bond acceptors (Lipinski definition) is 5. The topological polar surface area (TPSA) is 47.8 Å². The number of nitrogens with zero attached hydrogens (tertiary/aromatic N) is 3. The van der Waals surface area contributed by atoms with Crippen molar-refractivity contribution in [1.29, 1.82) is 0 Å². The second-order valence-corrected chi connectivity index (χ2v) is 6.21. The van der Waals surface area contributed by atoms with Crippen molar-refractivity contribution in [1.82, 2.24) is 14.8 Å². The lowest BCUT2D eigenvalue weighted by atomic mass is 10.2. The Hall–Kier alpha value is -1.27. The molecule has 0 bridgehead atoms. The van der Waals surface area contributed by atoms with Crippen molar-refractivity contribution < 1.29 is 4.79 Å². The van der Waals surface area contributed by atoms with Crippen molar-refractivity contribution in [2.75, 3.05) is 0 Å². The molecule has 1 aliphatic rings. The average molecular weight is 277 g/mol. The van der Waals surface area contributed by atoms with Crippen molar-refractivity contribution in [3.05, 3.63) is 35.9 Å². The molecule has 0 fully saturated rings. The van der Waals surface area contributed by atoms with Crippen LogP contribution in [0.1, 0.15) is 17.3 Å². The molecule has 0 N–H and O–H groups in total. The van der Waals surface area contributed by atoms with Crippen LogP contribution in [0.2, 0.25) is 0 Å². The number of fused-ring (bicyclic) bond motifs is 1. The van der Waals surface area contributed by atoms with Crippen LogP contribution >= 0.6 is 23.5 Å². The first-order valence-electron chi connectivity index (χ1n) is 5.59. The SMILES string of the molecule is CC1Sc2nc(SCc3ccccc3)nn2C1=O. The van der Waals surface area contributed by atoms with E-state index in [9.17, 15) is 4.79 Å². The van der Waals surface area contributed by atoms with Gasteiger partial charge in [0.1, 0.15) is 0 Å². The van der Waals surface area contributed by atoms with Gasteiger partial charge < -0.3 is 0 Å². The van der Waals surface area contributed by atoms with Gasteiger partial charge in [0.2, 0.25) is 5.16 Å². The quantitative estimate of drug-likeness (QED) is 0.807. The maximum absolute atomic E-state index is 11.7. The van der Waals surface area contributed by atoms with Gasteiger partial charge in [0.25, 0.3) is 5.91 Å². The average Bonchev–Trinajstić information content (AvgIpc) is 2.89. The van der Waals surface area contributed by atoms with Crippen LogP contribution in [-0.2, 0) is 5.75 Å². The summed E-state index contributed by atoms with van der Waals surface area (Å²) >= 11 is 3.02. The monoisotopic (exact) mass is 277 g/mol. The van der Waals surface area contributed by atoms with E-state index in [0.717, 1.165) is 5.75 Å². The molecule has 1 aliphatic heterocycles. The smallest absolute Gasteiger partial charge is 0.262 e. The van der Waals surface area contributed by atoms with Crippen LogP contribution in [0, 0.1) is 0 Å². The highest BCUT2D eigenvalue weighted by atomic mass is 32.2. The summed E-state index contributed by atoms with van der Waals surface area (Å²) in [4.78, 5) is 16.1. The normalized spacial score (nSPS) is 18.1. The molecule has 0 saturated heterocycles. The lowest BCUT2D eigenvalue weighted by molar-refractivity contribution is 0.0897. The number of aromatic nitrogens is 3. The molecule has 0 radical (unpaired) electrons. The van der Waals surface area contributed by atoms with Crippen LogP contribution in [0.3, 0.4) is 0 Å². The third-order valence-electron chi connectivity index (χ3n) is 2.61. The fraction of sp³-hybridized carbons (Fsp3) is 0.250. The first kappa shape index (κ1) is 11.8. The fourth-order valence-electron chi connectivity index (χ4n) is 1.66.